The molecule has 2 rings (SSSR count). The zero-order chi connectivity index (χ0) is 18.4. The summed E-state index contributed by atoms with van der Waals surface area (Å²) in [6.07, 6.45) is -0.352. The van der Waals surface area contributed by atoms with Crippen molar-refractivity contribution in [3.8, 4) is 0 Å². The van der Waals surface area contributed by atoms with Crippen molar-refractivity contribution in [3.63, 3.8) is 0 Å². The van der Waals surface area contributed by atoms with Crippen molar-refractivity contribution in [2.24, 2.45) is 0 Å². The molecule has 1 fully saturated rings. The summed E-state index contributed by atoms with van der Waals surface area (Å²) < 4.78 is 5.46. The van der Waals surface area contributed by atoms with Crippen molar-refractivity contribution in [1.29, 1.82) is 0 Å². The first kappa shape index (κ1) is 19.9. The number of hydrogen-bond donors (Lipinski definition) is 1. The topological polar surface area (TPSA) is 53.0 Å². The Hall–Kier alpha value is -1.43. The number of nitrogens with zero attached hydrogens (tertiary/aromatic N) is 2. The predicted octanol–water partition coefficient (Wildman–Crippen LogP) is 1.89. The smallest absolute Gasteiger partial charge is 0.232 e. The first-order chi connectivity index (χ1) is 11.8. The van der Waals surface area contributed by atoms with Gasteiger partial charge in [0.2, 0.25) is 5.91 Å². The molecule has 0 saturated carbocycles. The molecule has 25 heavy (non-hydrogen) atoms. The Balaban J connectivity index is 1.84. The molecular formula is C20H32N2O3. The maximum atomic E-state index is 13.0. The van der Waals surface area contributed by atoms with Crippen LogP contribution in [0.5, 0.6) is 0 Å². The molecule has 1 aromatic rings. The number of hydrogen-bond acceptors (Lipinski definition) is 4. The van der Waals surface area contributed by atoms with Gasteiger partial charge < -0.3 is 14.7 Å². The van der Waals surface area contributed by atoms with E-state index in [0.29, 0.717) is 26.2 Å². The van der Waals surface area contributed by atoms with Crippen molar-refractivity contribution in [3.05, 3.63) is 35.9 Å². The van der Waals surface area contributed by atoms with Gasteiger partial charge >= 0.3 is 0 Å². The van der Waals surface area contributed by atoms with Crippen LogP contribution in [0.1, 0.15) is 33.3 Å². The van der Waals surface area contributed by atoms with Crippen molar-refractivity contribution in [2.45, 2.75) is 45.3 Å². The van der Waals surface area contributed by atoms with E-state index >= 15 is 0 Å². The summed E-state index contributed by atoms with van der Waals surface area (Å²) in [6, 6.07) is 9.95. The van der Waals surface area contributed by atoms with Crippen LogP contribution in [0.3, 0.4) is 0 Å². The quantitative estimate of drug-likeness (QED) is 0.818. The summed E-state index contributed by atoms with van der Waals surface area (Å²) in [5.41, 5.74) is 0.525. The van der Waals surface area contributed by atoms with Gasteiger partial charge in [-0.25, -0.2) is 0 Å². The molecule has 1 N–H and O–H groups in total. The standard InChI is InChI=1S/C20H32N2O3/c1-16(2)25-15-18(23)14-21-10-12-22(13-11-21)19(24)20(3,4)17-8-6-5-7-9-17/h5-9,16,18,23H,10-15H2,1-4H3. The van der Waals surface area contributed by atoms with Crippen LogP contribution >= 0.6 is 0 Å². The number of benzene rings is 1. The Morgan fingerprint density at radius 3 is 2.32 bits per heavy atom. The van der Waals surface area contributed by atoms with Gasteiger partial charge in [-0.1, -0.05) is 30.3 Å². The molecule has 0 aliphatic carbocycles. The molecule has 0 radical (unpaired) electrons. The summed E-state index contributed by atoms with van der Waals surface area (Å²) in [6.45, 7) is 11.8. The lowest BCUT2D eigenvalue weighted by Gasteiger charge is -2.39. The van der Waals surface area contributed by atoms with E-state index in [-0.39, 0.29) is 12.0 Å². The molecule has 0 spiro atoms. The second-order valence-electron chi connectivity index (χ2n) is 7.62. The van der Waals surface area contributed by atoms with Gasteiger partial charge in [-0.3, -0.25) is 9.69 Å². The highest BCUT2D eigenvalue weighted by atomic mass is 16.5. The SMILES string of the molecule is CC(C)OCC(O)CN1CCN(C(=O)C(C)(C)c2ccccc2)CC1. The zero-order valence-electron chi connectivity index (χ0n) is 15.9. The number of rotatable bonds is 7. The molecule has 1 saturated heterocycles. The lowest BCUT2D eigenvalue weighted by atomic mass is 9.83. The van der Waals surface area contributed by atoms with Gasteiger partial charge in [0.15, 0.2) is 0 Å². The Morgan fingerprint density at radius 1 is 1.16 bits per heavy atom. The monoisotopic (exact) mass is 348 g/mol. The van der Waals surface area contributed by atoms with Crippen LogP contribution in [-0.2, 0) is 14.9 Å². The summed E-state index contributed by atoms with van der Waals surface area (Å²) in [5, 5.41) is 10.1. The first-order valence-corrected chi connectivity index (χ1v) is 9.17. The number of aliphatic hydroxyl groups excluding tert-OH is 1. The summed E-state index contributed by atoms with van der Waals surface area (Å²) in [7, 11) is 0. The average Bonchev–Trinajstić information content (AvgIpc) is 2.61. The molecule has 1 unspecified atom stereocenters. The first-order valence-electron chi connectivity index (χ1n) is 9.17. The lowest BCUT2D eigenvalue weighted by Crippen LogP contribution is -2.54. The van der Waals surface area contributed by atoms with Crippen LogP contribution in [0.4, 0.5) is 0 Å². The minimum atomic E-state index is -0.520. The van der Waals surface area contributed by atoms with E-state index in [1.165, 1.54) is 0 Å². The average molecular weight is 348 g/mol. The molecule has 0 bridgehead atoms. The second-order valence-corrected chi connectivity index (χ2v) is 7.62. The Bertz CT molecular complexity index is 537. The number of β-amino-alcohol motifs (C(OH)–C–C–N with tert-alkyl or cyclic N) is 1. The molecule has 140 valence electrons. The molecule has 0 aromatic heterocycles. The highest BCUT2D eigenvalue weighted by Crippen LogP contribution is 2.26. The second kappa shape index (κ2) is 8.79. The third-order valence-corrected chi connectivity index (χ3v) is 4.78. The molecular weight excluding hydrogens is 316 g/mol. The largest absolute Gasteiger partial charge is 0.389 e. The van der Waals surface area contributed by atoms with Crippen LogP contribution in [0, 0.1) is 0 Å². The van der Waals surface area contributed by atoms with E-state index in [0.717, 1.165) is 18.7 Å². The predicted molar refractivity (Wildman–Crippen MR) is 99.6 cm³/mol. The van der Waals surface area contributed by atoms with Gasteiger partial charge in [0, 0.05) is 32.7 Å². The zero-order valence-corrected chi connectivity index (χ0v) is 15.9. The number of carbonyl (C=O) groups excluding carboxylic acids is 1. The van der Waals surface area contributed by atoms with Gasteiger partial charge in [-0.05, 0) is 33.3 Å². The third kappa shape index (κ3) is 5.53. The van der Waals surface area contributed by atoms with E-state index in [4.69, 9.17) is 4.74 Å². The minimum absolute atomic E-state index is 0.129. The molecule has 1 heterocycles. The summed E-state index contributed by atoms with van der Waals surface area (Å²) in [5.74, 6) is 0.169. The Kier molecular flexibility index (Phi) is 6.99. The van der Waals surface area contributed by atoms with E-state index < -0.39 is 11.5 Å². The van der Waals surface area contributed by atoms with Crippen molar-refractivity contribution < 1.29 is 14.6 Å². The number of piperazine rings is 1. The fourth-order valence-electron chi connectivity index (χ4n) is 3.16. The van der Waals surface area contributed by atoms with Crippen LogP contribution in [-0.4, -0.2) is 72.4 Å². The fourth-order valence-corrected chi connectivity index (χ4v) is 3.16. The molecule has 1 aromatic carbocycles. The lowest BCUT2D eigenvalue weighted by molar-refractivity contribution is -0.138. The summed E-state index contributed by atoms with van der Waals surface area (Å²) >= 11 is 0. The van der Waals surface area contributed by atoms with Crippen molar-refractivity contribution in [1.82, 2.24) is 9.80 Å². The van der Waals surface area contributed by atoms with E-state index in [1.807, 2.05) is 62.9 Å². The maximum absolute atomic E-state index is 13.0. The number of carbonyl (C=O) groups is 1. The molecule has 1 aliphatic rings. The normalized spacial score (nSPS) is 17.8. The van der Waals surface area contributed by atoms with E-state index in [2.05, 4.69) is 4.90 Å². The third-order valence-electron chi connectivity index (χ3n) is 4.78. The highest BCUT2D eigenvalue weighted by Gasteiger charge is 2.35. The number of ether oxygens (including phenoxy) is 1. The molecule has 1 atom stereocenters. The van der Waals surface area contributed by atoms with E-state index in [9.17, 15) is 9.90 Å². The van der Waals surface area contributed by atoms with Crippen LogP contribution in [0.25, 0.3) is 0 Å². The number of amides is 1. The van der Waals surface area contributed by atoms with Gasteiger partial charge in [0.1, 0.15) is 0 Å². The summed E-state index contributed by atoms with van der Waals surface area (Å²) in [4.78, 5) is 17.1. The van der Waals surface area contributed by atoms with Crippen LogP contribution in [0.15, 0.2) is 30.3 Å². The van der Waals surface area contributed by atoms with Gasteiger partial charge in [0.25, 0.3) is 0 Å². The Morgan fingerprint density at radius 2 is 1.76 bits per heavy atom. The van der Waals surface area contributed by atoms with Gasteiger partial charge in [0.05, 0.1) is 24.2 Å². The van der Waals surface area contributed by atoms with Crippen LogP contribution < -0.4 is 0 Å². The van der Waals surface area contributed by atoms with Gasteiger partial charge in [-0.15, -0.1) is 0 Å². The molecule has 5 nitrogen and oxygen atoms in total. The fraction of sp³-hybridized carbons (Fsp3) is 0.650. The molecule has 1 amide bonds. The van der Waals surface area contributed by atoms with Crippen molar-refractivity contribution >= 4 is 5.91 Å². The Labute approximate surface area is 151 Å². The minimum Gasteiger partial charge on any atom is -0.389 e. The van der Waals surface area contributed by atoms with Crippen molar-refractivity contribution in [2.75, 3.05) is 39.3 Å². The molecule has 5 heteroatoms. The maximum Gasteiger partial charge on any atom is 0.232 e. The molecule has 1 aliphatic heterocycles. The van der Waals surface area contributed by atoms with Crippen LogP contribution in [0.2, 0.25) is 0 Å². The van der Waals surface area contributed by atoms with Gasteiger partial charge in [-0.2, -0.15) is 0 Å². The highest BCUT2D eigenvalue weighted by molar-refractivity contribution is 5.87. The van der Waals surface area contributed by atoms with E-state index in [1.54, 1.807) is 0 Å². The number of aliphatic hydroxyl groups is 1.